The van der Waals surface area contributed by atoms with Crippen LogP contribution < -0.4 is 10.1 Å². The largest absolute Gasteiger partial charge is 0.491 e. The van der Waals surface area contributed by atoms with E-state index in [0.717, 1.165) is 11.3 Å². The molecule has 4 heteroatoms. The summed E-state index contributed by atoms with van der Waals surface area (Å²) < 4.78 is 10.3. The van der Waals surface area contributed by atoms with Crippen molar-refractivity contribution in [3.63, 3.8) is 0 Å². The molecule has 1 aromatic carbocycles. The van der Waals surface area contributed by atoms with Crippen LogP contribution in [0.25, 0.3) is 0 Å². The summed E-state index contributed by atoms with van der Waals surface area (Å²) in [5.74, 6) is 2.84. The van der Waals surface area contributed by atoms with Crippen molar-refractivity contribution in [2.75, 3.05) is 13.7 Å². The Morgan fingerprint density at radius 3 is 2.47 bits per heavy atom. The van der Waals surface area contributed by atoms with Crippen molar-refractivity contribution >= 4 is 5.97 Å². The van der Waals surface area contributed by atoms with Crippen molar-refractivity contribution in [1.29, 1.82) is 0 Å². The van der Waals surface area contributed by atoms with Crippen LogP contribution in [0.15, 0.2) is 24.3 Å². The average Bonchev–Trinajstić information content (AvgIpc) is 2.40. The molecule has 102 valence electrons. The first-order chi connectivity index (χ1) is 9.08. The lowest BCUT2D eigenvalue weighted by Crippen LogP contribution is -2.29. The standard InChI is InChI=1S/C15H19NO3/c1-5-10-16-14(15(17)18-4)12-6-8-13(9-7-12)19-11(2)3/h1,6-9,11,14,16H,10H2,2-4H3. The summed E-state index contributed by atoms with van der Waals surface area (Å²) in [4.78, 5) is 11.7. The van der Waals surface area contributed by atoms with E-state index >= 15 is 0 Å². The highest BCUT2D eigenvalue weighted by Gasteiger charge is 2.20. The molecule has 0 saturated heterocycles. The zero-order valence-corrected chi connectivity index (χ0v) is 11.5. The van der Waals surface area contributed by atoms with Gasteiger partial charge in [-0.25, -0.2) is 4.79 Å². The predicted octanol–water partition coefficient (Wildman–Crippen LogP) is 1.91. The predicted molar refractivity (Wildman–Crippen MR) is 73.8 cm³/mol. The van der Waals surface area contributed by atoms with E-state index in [1.54, 1.807) is 0 Å². The summed E-state index contributed by atoms with van der Waals surface area (Å²) >= 11 is 0. The number of esters is 1. The summed E-state index contributed by atoms with van der Waals surface area (Å²) in [6.45, 7) is 4.21. The lowest BCUT2D eigenvalue weighted by Gasteiger charge is -2.16. The Morgan fingerprint density at radius 1 is 1.37 bits per heavy atom. The SMILES string of the molecule is C#CCNC(C(=O)OC)c1ccc(OC(C)C)cc1. The van der Waals surface area contributed by atoms with Gasteiger partial charge in [0.15, 0.2) is 0 Å². The number of methoxy groups -OCH3 is 1. The fourth-order valence-electron chi connectivity index (χ4n) is 1.63. The van der Waals surface area contributed by atoms with E-state index in [1.807, 2.05) is 38.1 Å². The van der Waals surface area contributed by atoms with Crippen LogP contribution in [0.3, 0.4) is 0 Å². The number of terminal acetylenes is 1. The number of carbonyl (C=O) groups is 1. The molecule has 1 rings (SSSR count). The summed E-state index contributed by atoms with van der Waals surface area (Å²) in [7, 11) is 1.35. The van der Waals surface area contributed by atoms with Gasteiger partial charge < -0.3 is 9.47 Å². The van der Waals surface area contributed by atoms with Gasteiger partial charge >= 0.3 is 5.97 Å². The first-order valence-corrected chi connectivity index (χ1v) is 6.09. The molecule has 0 aliphatic carbocycles. The Morgan fingerprint density at radius 2 is 2.00 bits per heavy atom. The van der Waals surface area contributed by atoms with Gasteiger partial charge in [0.25, 0.3) is 0 Å². The van der Waals surface area contributed by atoms with Gasteiger partial charge in [-0.05, 0) is 31.5 Å². The van der Waals surface area contributed by atoms with Gasteiger partial charge in [-0.3, -0.25) is 5.32 Å². The third-order valence-corrected chi connectivity index (χ3v) is 2.43. The second-order valence-corrected chi connectivity index (χ2v) is 4.28. The number of benzene rings is 1. The fraction of sp³-hybridized carbons (Fsp3) is 0.400. The second-order valence-electron chi connectivity index (χ2n) is 4.28. The monoisotopic (exact) mass is 261 g/mol. The molecule has 4 nitrogen and oxygen atoms in total. The molecule has 0 radical (unpaired) electrons. The molecule has 0 fully saturated rings. The van der Waals surface area contributed by atoms with Crippen molar-refractivity contribution < 1.29 is 14.3 Å². The van der Waals surface area contributed by atoms with Gasteiger partial charge in [0, 0.05) is 0 Å². The molecule has 0 amide bonds. The summed E-state index contributed by atoms with van der Waals surface area (Å²) in [5.41, 5.74) is 0.790. The van der Waals surface area contributed by atoms with Crippen molar-refractivity contribution in [1.82, 2.24) is 5.32 Å². The number of hydrogen-bond donors (Lipinski definition) is 1. The highest BCUT2D eigenvalue weighted by atomic mass is 16.5. The Balaban J connectivity index is 2.84. The smallest absolute Gasteiger partial charge is 0.327 e. The Labute approximate surface area is 114 Å². The lowest BCUT2D eigenvalue weighted by molar-refractivity contribution is -0.143. The lowest BCUT2D eigenvalue weighted by atomic mass is 10.1. The van der Waals surface area contributed by atoms with Crippen molar-refractivity contribution in [3.05, 3.63) is 29.8 Å². The Hall–Kier alpha value is -1.99. The van der Waals surface area contributed by atoms with Crippen LogP contribution in [0, 0.1) is 12.3 Å². The molecule has 0 bridgehead atoms. The molecule has 19 heavy (non-hydrogen) atoms. The van der Waals surface area contributed by atoms with E-state index in [4.69, 9.17) is 15.9 Å². The quantitative estimate of drug-likeness (QED) is 0.627. The van der Waals surface area contributed by atoms with E-state index in [2.05, 4.69) is 11.2 Å². The molecule has 0 aliphatic rings. The van der Waals surface area contributed by atoms with E-state index < -0.39 is 6.04 Å². The van der Waals surface area contributed by atoms with Crippen LogP contribution in [0.4, 0.5) is 0 Å². The number of carbonyl (C=O) groups excluding carboxylic acids is 1. The summed E-state index contributed by atoms with van der Waals surface area (Å²) in [6, 6.07) is 6.73. The molecule has 0 spiro atoms. The van der Waals surface area contributed by atoms with Crippen molar-refractivity contribution in [2.24, 2.45) is 0 Å². The average molecular weight is 261 g/mol. The molecule has 0 heterocycles. The zero-order valence-electron chi connectivity index (χ0n) is 11.5. The third-order valence-electron chi connectivity index (χ3n) is 2.43. The van der Waals surface area contributed by atoms with Gasteiger partial charge in [-0.15, -0.1) is 6.42 Å². The summed E-state index contributed by atoms with van der Waals surface area (Å²) in [6.07, 6.45) is 5.30. The molecule has 1 unspecified atom stereocenters. The van der Waals surface area contributed by atoms with Crippen LogP contribution in [0.1, 0.15) is 25.5 Å². The van der Waals surface area contributed by atoms with Crippen molar-refractivity contribution in [3.8, 4) is 18.1 Å². The van der Waals surface area contributed by atoms with Gasteiger partial charge in [0.2, 0.25) is 0 Å². The van der Waals surface area contributed by atoms with Gasteiger partial charge in [-0.1, -0.05) is 18.1 Å². The molecule has 1 aromatic rings. The minimum atomic E-state index is -0.561. The van der Waals surface area contributed by atoms with E-state index in [-0.39, 0.29) is 12.1 Å². The second kappa shape index (κ2) is 7.45. The maximum atomic E-state index is 11.7. The third kappa shape index (κ3) is 4.65. The molecule has 0 saturated carbocycles. The van der Waals surface area contributed by atoms with E-state index in [9.17, 15) is 4.79 Å². The number of ether oxygens (including phenoxy) is 2. The van der Waals surface area contributed by atoms with Gasteiger partial charge in [-0.2, -0.15) is 0 Å². The molecule has 0 aliphatic heterocycles. The van der Waals surface area contributed by atoms with Gasteiger partial charge in [0.05, 0.1) is 19.8 Å². The van der Waals surface area contributed by atoms with E-state index in [1.165, 1.54) is 7.11 Å². The first kappa shape index (κ1) is 15.1. The van der Waals surface area contributed by atoms with Crippen LogP contribution in [-0.2, 0) is 9.53 Å². The van der Waals surface area contributed by atoms with E-state index in [0.29, 0.717) is 6.54 Å². The van der Waals surface area contributed by atoms with Crippen molar-refractivity contribution in [2.45, 2.75) is 26.0 Å². The minimum absolute atomic E-state index is 0.113. The number of rotatable bonds is 6. The highest BCUT2D eigenvalue weighted by Crippen LogP contribution is 2.19. The first-order valence-electron chi connectivity index (χ1n) is 6.09. The van der Waals surface area contributed by atoms with Gasteiger partial charge in [0.1, 0.15) is 11.8 Å². The Bertz CT molecular complexity index is 445. The molecule has 1 N–H and O–H groups in total. The molecule has 1 atom stereocenters. The topological polar surface area (TPSA) is 47.6 Å². The zero-order chi connectivity index (χ0) is 14.3. The molecular weight excluding hydrogens is 242 g/mol. The molecule has 0 aromatic heterocycles. The van der Waals surface area contributed by atoms with Crippen LogP contribution in [0.5, 0.6) is 5.75 Å². The normalized spacial score (nSPS) is 11.7. The maximum absolute atomic E-state index is 11.7. The Kier molecular flexibility index (Phi) is 5.91. The maximum Gasteiger partial charge on any atom is 0.327 e. The number of nitrogens with one attached hydrogen (secondary N) is 1. The highest BCUT2D eigenvalue weighted by molar-refractivity contribution is 5.77. The van der Waals surface area contributed by atoms with Crippen LogP contribution in [0.2, 0.25) is 0 Å². The minimum Gasteiger partial charge on any atom is -0.491 e. The fourth-order valence-corrected chi connectivity index (χ4v) is 1.63. The molecular formula is C15H19NO3. The summed E-state index contributed by atoms with van der Waals surface area (Å²) in [5, 5.41) is 2.95. The number of hydrogen-bond acceptors (Lipinski definition) is 4. The van der Waals surface area contributed by atoms with Crippen LogP contribution in [-0.4, -0.2) is 25.7 Å². The van der Waals surface area contributed by atoms with Crippen LogP contribution >= 0.6 is 0 Å².